The minimum Gasteiger partial charge on any atom is -0.456 e. The zero-order valence-electron chi connectivity index (χ0n) is 8.77. The number of hydrogen-bond donors (Lipinski definition) is 0. The molecule has 3 rings (SSSR count). The normalized spacial score (nSPS) is 11.1. The van der Waals surface area contributed by atoms with E-state index in [0.717, 1.165) is 11.2 Å². The van der Waals surface area contributed by atoms with Gasteiger partial charge in [-0.3, -0.25) is 0 Å². The lowest BCUT2D eigenvalue weighted by atomic mass is 10.1. The van der Waals surface area contributed by atoms with Crippen LogP contribution < -0.4 is 3.11 Å². The summed E-state index contributed by atoms with van der Waals surface area (Å²) in [6.45, 7) is 0. The molecule has 16 heavy (non-hydrogen) atoms. The lowest BCUT2D eigenvalue weighted by Crippen LogP contribution is -1.98. The van der Waals surface area contributed by atoms with Crippen LogP contribution in [0, 0.1) is 0 Å². The van der Waals surface area contributed by atoms with Crippen LogP contribution in [0.4, 0.5) is 5.69 Å². The van der Waals surface area contributed by atoms with Gasteiger partial charge in [0.1, 0.15) is 11.2 Å². The maximum absolute atomic E-state index is 5.81. The van der Waals surface area contributed by atoms with E-state index >= 15 is 0 Å². The molecule has 0 unspecified atom stereocenters. The van der Waals surface area contributed by atoms with Crippen molar-refractivity contribution in [1.82, 2.24) is 0 Å². The maximum Gasteiger partial charge on any atom is 0.137 e. The largest absolute Gasteiger partial charge is 0.456 e. The summed E-state index contributed by atoms with van der Waals surface area (Å²) in [5.41, 5.74) is 3.08. The molecule has 1 heterocycles. The smallest absolute Gasteiger partial charge is 0.137 e. The summed E-state index contributed by atoms with van der Waals surface area (Å²) in [6, 6.07) is 14.3. The number of furan rings is 1. The van der Waals surface area contributed by atoms with Crippen molar-refractivity contribution in [2.45, 2.75) is 0 Å². The Labute approximate surface area is 107 Å². The van der Waals surface area contributed by atoms with Crippen LogP contribution in [-0.4, -0.2) is 7.05 Å². The van der Waals surface area contributed by atoms with Crippen LogP contribution in [0.2, 0.25) is 0 Å². The van der Waals surface area contributed by atoms with E-state index in [2.05, 4.69) is 38.1 Å². The first-order valence-corrected chi connectivity index (χ1v) is 6.03. The summed E-state index contributed by atoms with van der Waals surface area (Å²) < 4.78 is 7.90. The maximum atomic E-state index is 5.81. The number of benzene rings is 2. The summed E-state index contributed by atoms with van der Waals surface area (Å²) in [5, 5.41) is 2.37. The van der Waals surface area contributed by atoms with E-state index in [1.165, 1.54) is 16.5 Å². The second kappa shape index (κ2) is 3.66. The first kappa shape index (κ1) is 9.96. The Morgan fingerprint density at radius 1 is 1.00 bits per heavy atom. The molecule has 0 fully saturated rings. The van der Waals surface area contributed by atoms with E-state index in [9.17, 15) is 0 Å². The number of hydrogen-bond acceptors (Lipinski definition) is 2. The van der Waals surface area contributed by atoms with Crippen molar-refractivity contribution in [3.05, 3.63) is 42.5 Å². The predicted octanol–water partition coefficient (Wildman–Crippen LogP) is 4.37. The van der Waals surface area contributed by atoms with Crippen LogP contribution in [0.25, 0.3) is 21.9 Å². The van der Waals surface area contributed by atoms with Gasteiger partial charge in [0.15, 0.2) is 0 Å². The molecule has 3 aromatic rings. The molecule has 0 amide bonds. The van der Waals surface area contributed by atoms with Gasteiger partial charge >= 0.3 is 0 Å². The Balaban J connectivity index is 2.53. The fourth-order valence-electron chi connectivity index (χ4n) is 2.01. The van der Waals surface area contributed by atoms with E-state index in [-0.39, 0.29) is 0 Å². The second-order valence-electron chi connectivity index (χ2n) is 3.73. The standard InChI is InChI=1S/C13H10INO/c1-15(14)10-6-4-8-12-13(10)9-5-2-3-7-11(9)16-12/h2-8H,1H3. The summed E-state index contributed by atoms with van der Waals surface area (Å²) >= 11 is 2.28. The van der Waals surface area contributed by atoms with Crippen LogP contribution in [0.15, 0.2) is 46.9 Å². The quantitative estimate of drug-likeness (QED) is 0.488. The minimum absolute atomic E-state index is 0.946. The summed E-state index contributed by atoms with van der Waals surface area (Å²) in [7, 11) is 2.04. The Morgan fingerprint density at radius 2 is 1.75 bits per heavy atom. The summed E-state index contributed by atoms with van der Waals surface area (Å²) in [5.74, 6) is 0. The molecule has 80 valence electrons. The molecule has 0 N–H and O–H groups in total. The van der Waals surface area contributed by atoms with Gasteiger partial charge in [0.25, 0.3) is 0 Å². The van der Waals surface area contributed by atoms with Crippen molar-refractivity contribution in [3.63, 3.8) is 0 Å². The van der Waals surface area contributed by atoms with Gasteiger partial charge in [-0.1, -0.05) is 24.3 Å². The van der Waals surface area contributed by atoms with Crippen LogP contribution in [-0.2, 0) is 0 Å². The van der Waals surface area contributed by atoms with Crippen molar-refractivity contribution in [3.8, 4) is 0 Å². The molecule has 0 spiro atoms. The highest BCUT2D eigenvalue weighted by Gasteiger charge is 2.11. The SMILES string of the molecule is CN(I)c1cccc2oc3ccccc3c12. The van der Waals surface area contributed by atoms with Gasteiger partial charge < -0.3 is 7.53 Å². The van der Waals surface area contributed by atoms with E-state index in [1.54, 1.807) is 0 Å². The molecule has 0 aliphatic carbocycles. The molecule has 1 aromatic heterocycles. The molecule has 0 bridgehead atoms. The molecule has 0 saturated carbocycles. The molecule has 0 saturated heterocycles. The molecule has 0 atom stereocenters. The van der Waals surface area contributed by atoms with Gasteiger partial charge in [-0.25, -0.2) is 0 Å². The van der Waals surface area contributed by atoms with Gasteiger partial charge in [0, 0.05) is 12.4 Å². The zero-order chi connectivity index (χ0) is 11.1. The van der Waals surface area contributed by atoms with Crippen molar-refractivity contribution in [2.24, 2.45) is 0 Å². The zero-order valence-corrected chi connectivity index (χ0v) is 10.9. The van der Waals surface area contributed by atoms with Gasteiger partial charge in [-0.2, -0.15) is 0 Å². The van der Waals surface area contributed by atoms with E-state index in [1.807, 2.05) is 37.4 Å². The third kappa shape index (κ3) is 1.38. The predicted molar refractivity (Wildman–Crippen MR) is 76.1 cm³/mol. The van der Waals surface area contributed by atoms with Crippen molar-refractivity contribution in [2.75, 3.05) is 10.2 Å². The highest BCUT2D eigenvalue weighted by atomic mass is 127. The number of rotatable bonds is 1. The molecule has 2 aromatic carbocycles. The molecule has 3 heteroatoms. The average molecular weight is 323 g/mol. The van der Waals surface area contributed by atoms with Gasteiger partial charge in [-0.05, 0) is 18.2 Å². The van der Waals surface area contributed by atoms with Crippen molar-refractivity contribution >= 4 is 50.5 Å². The fourth-order valence-corrected chi connectivity index (χ4v) is 2.41. The number of anilines is 1. The number of para-hydroxylation sites is 1. The van der Waals surface area contributed by atoms with E-state index in [4.69, 9.17) is 4.42 Å². The average Bonchev–Trinajstić information content (AvgIpc) is 2.66. The number of halogens is 1. The highest BCUT2D eigenvalue weighted by molar-refractivity contribution is 14.1. The lowest BCUT2D eigenvalue weighted by molar-refractivity contribution is 0.669. The molecular weight excluding hydrogens is 313 g/mol. The lowest BCUT2D eigenvalue weighted by Gasteiger charge is -2.10. The second-order valence-corrected chi connectivity index (χ2v) is 5.17. The van der Waals surface area contributed by atoms with Crippen LogP contribution >= 0.6 is 22.9 Å². The Bertz CT molecular complexity index is 657. The monoisotopic (exact) mass is 323 g/mol. The molecule has 2 nitrogen and oxygen atoms in total. The van der Waals surface area contributed by atoms with Crippen molar-refractivity contribution in [1.29, 1.82) is 0 Å². The van der Waals surface area contributed by atoms with E-state index < -0.39 is 0 Å². The Kier molecular flexibility index (Phi) is 2.28. The number of fused-ring (bicyclic) bond motifs is 3. The first-order valence-electron chi connectivity index (χ1n) is 5.07. The highest BCUT2D eigenvalue weighted by Crippen LogP contribution is 2.36. The van der Waals surface area contributed by atoms with E-state index in [0.29, 0.717) is 0 Å². The van der Waals surface area contributed by atoms with Crippen LogP contribution in [0.1, 0.15) is 0 Å². The molecule has 0 aliphatic rings. The summed E-state index contributed by atoms with van der Waals surface area (Å²) in [4.78, 5) is 0. The van der Waals surface area contributed by atoms with Gasteiger partial charge in [-0.15, -0.1) is 0 Å². The Hall–Kier alpha value is -1.23. The minimum atomic E-state index is 0.946. The Morgan fingerprint density at radius 3 is 2.56 bits per heavy atom. The third-order valence-electron chi connectivity index (χ3n) is 2.71. The van der Waals surface area contributed by atoms with Gasteiger partial charge in [0.05, 0.1) is 33.9 Å². The fraction of sp³-hybridized carbons (Fsp3) is 0.0769. The summed E-state index contributed by atoms with van der Waals surface area (Å²) in [6.07, 6.45) is 0. The number of nitrogens with zero attached hydrogens (tertiary/aromatic N) is 1. The van der Waals surface area contributed by atoms with Gasteiger partial charge in [0.2, 0.25) is 0 Å². The van der Waals surface area contributed by atoms with Crippen LogP contribution in [0.3, 0.4) is 0 Å². The van der Waals surface area contributed by atoms with Crippen molar-refractivity contribution < 1.29 is 4.42 Å². The molecule has 0 aliphatic heterocycles. The first-order chi connectivity index (χ1) is 7.77. The topological polar surface area (TPSA) is 16.4 Å². The van der Waals surface area contributed by atoms with Crippen LogP contribution in [0.5, 0.6) is 0 Å². The molecule has 0 radical (unpaired) electrons. The molecular formula is C13H10INO. The third-order valence-corrected chi connectivity index (χ3v) is 3.23.